The Bertz CT molecular complexity index is 411. The lowest BCUT2D eigenvalue weighted by Crippen LogP contribution is -2.30. The van der Waals surface area contributed by atoms with Crippen molar-refractivity contribution in [2.75, 3.05) is 0 Å². The molecule has 0 amide bonds. The van der Waals surface area contributed by atoms with Gasteiger partial charge >= 0.3 is 0 Å². The van der Waals surface area contributed by atoms with E-state index in [0.29, 0.717) is 10.8 Å². The van der Waals surface area contributed by atoms with E-state index in [2.05, 4.69) is 32.0 Å². The molecule has 0 unspecified atom stereocenters. The molecule has 1 nitrogen and oxygen atoms in total. The Morgan fingerprint density at radius 3 is 1.50 bits per heavy atom. The molecule has 0 radical (unpaired) electrons. The Kier molecular flexibility index (Phi) is 3.88. The normalized spacial score (nSPS) is 25.3. The maximum absolute atomic E-state index is 5.16. The Morgan fingerprint density at radius 1 is 0.700 bits per heavy atom. The highest BCUT2D eigenvalue weighted by Gasteiger charge is 2.33. The second-order valence-electron chi connectivity index (χ2n) is 7.65. The summed E-state index contributed by atoms with van der Waals surface area (Å²) in [5, 5.41) is 0. The average Bonchev–Trinajstić information content (AvgIpc) is 2.49. The molecule has 110 valence electrons. The molecular formula is C19H29N. The van der Waals surface area contributed by atoms with Crippen LogP contribution in [0.1, 0.15) is 89.4 Å². The molecule has 1 aromatic heterocycles. The van der Waals surface area contributed by atoms with Gasteiger partial charge in [0, 0.05) is 22.2 Å². The molecule has 0 atom stereocenters. The van der Waals surface area contributed by atoms with Gasteiger partial charge in [0.05, 0.1) is 0 Å². The minimum atomic E-state index is 0.333. The summed E-state index contributed by atoms with van der Waals surface area (Å²) in [6.45, 7) is 4.86. The van der Waals surface area contributed by atoms with Gasteiger partial charge in [0.2, 0.25) is 0 Å². The average molecular weight is 271 g/mol. The van der Waals surface area contributed by atoms with Crippen LogP contribution in [0.5, 0.6) is 0 Å². The molecule has 1 heteroatoms. The molecule has 1 aromatic rings. The lowest BCUT2D eigenvalue weighted by Gasteiger charge is -2.36. The van der Waals surface area contributed by atoms with Crippen LogP contribution in [0.3, 0.4) is 0 Å². The number of hydrogen-bond donors (Lipinski definition) is 0. The van der Waals surface area contributed by atoms with Crippen LogP contribution in [0, 0.1) is 0 Å². The van der Waals surface area contributed by atoms with E-state index in [1.807, 2.05) is 0 Å². The fourth-order valence-corrected chi connectivity index (χ4v) is 4.28. The van der Waals surface area contributed by atoms with E-state index >= 15 is 0 Å². The zero-order valence-electron chi connectivity index (χ0n) is 13.3. The summed E-state index contributed by atoms with van der Waals surface area (Å²) >= 11 is 0. The van der Waals surface area contributed by atoms with Gasteiger partial charge in [0.25, 0.3) is 0 Å². The second-order valence-corrected chi connectivity index (χ2v) is 7.65. The van der Waals surface area contributed by atoms with Crippen molar-refractivity contribution in [3.8, 4) is 0 Å². The van der Waals surface area contributed by atoms with E-state index in [1.54, 1.807) is 0 Å². The lowest BCUT2D eigenvalue weighted by molar-refractivity contribution is 0.295. The van der Waals surface area contributed by atoms with Gasteiger partial charge in [-0.1, -0.05) is 58.4 Å². The summed E-state index contributed by atoms with van der Waals surface area (Å²) in [4.78, 5) is 5.16. The SMILES string of the molecule is CC1(c2cccc(C3(C)CCCCC3)n2)CCCCC1. The monoisotopic (exact) mass is 271 g/mol. The highest BCUT2D eigenvalue weighted by molar-refractivity contribution is 5.24. The van der Waals surface area contributed by atoms with Gasteiger partial charge in [0.15, 0.2) is 0 Å². The van der Waals surface area contributed by atoms with Crippen molar-refractivity contribution in [2.45, 2.75) is 88.9 Å². The van der Waals surface area contributed by atoms with Gasteiger partial charge in [-0.25, -0.2) is 0 Å². The fourth-order valence-electron chi connectivity index (χ4n) is 4.28. The third kappa shape index (κ3) is 2.64. The molecule has 2 fully saturated rings. The molecular weight excluding hydrogens is 242 g/mol. The number of pyridine rings is 1. The van der Waals surface area contributed by atoms with Gasteiger partial charge in [-0.2, -0.15) is 0 Å². The summed E-state index contributed by atoms with van der Waals surface area (Å²) < 4.78 is 0. The molecule has 0 saturated heterocycles. The van der Waals surface area contributed by atoms with Crippen LogP contribution in [-0.2, 0) is 10.8 Å². The van der Waals surface area contributed by atoms with Crippen molar-refractivity contribution >= 4 is 0 Å². The van der Waals surface area contributed by atoms with Gasteiger partial charge < -0.3 is 0 Å². The number of rotatable bonds is 2. The lowest BCUT2D eigenvalue weighted by atomic mass is 9.71. The first-order valence-electron chi connectivity index (χ1n) is 8.61. The van der Waals surface area contributed by atoms with Crippen LogP contribution in [0.25, 0.3) is 0 Å². The fraction of sp³-hybridized carbons (Fsp3) is 0.737. The molecule has 0 aliphatic heterocycles. The highest BCUT2D eigenvalue weighted by atomic mass is 14.8. The Labute approximate surface area is 124 Å². The number of aromatic nitrogens is 1. The first-order valence-corrected chi connectivity index (χ1v) is 8.61. The predicted molar refractivity (Wildman–Crippen MR) is 85.1 cm³/mol. The van der Waals surface area contributed by atoms with E-state index in [4.69, 9.17) is 4.98 Å². The maximum atomic E-state index is 5.16. The van der Waals surface area contributed by atoms with Crippen LogP contribution < -0.4 is 0 Å². The van der Waals surface area contributed by atoms with E-state index in [1.165, 1.54) is 75.6 Å². The first-order chi connectivity index (χ1) is 9.62. The molecule has 0 bridgehead atoms. The minimum Gasteiger partial charge on any atom is -0.257 e. The van der Waals surface area contributed by atoms with Crippen molar-refractivity contribution in [1.29, 1.82) is 0 Å². The highest BCUT2D eigenvalue weighted by Crippen LogP contribution is 2.41. The molecule has 2 aliphatic carbocycles. The zero-order chi connectivity index (χ0) is 14.1. The predicted octanol–water partition coefficient (Wildman–Crippen LogP) is 5.53. The van der Waals surface area contributed by atoms with Crippen LogP contribution in [0.4, 0.5) is 0 Å². The Morgan fingerprint density at radius 2 is 1.10 bits per heavy atom. The van der Waals surface area contributed by atoms with Gasteiger partial charge in [0.1, 0.15) is 0 Å². The zero-order valence-corrected chi connectivity index (χ0v) is 13.3. The molecule has 3 rings (SSSR count). The topological polar surface area (TPSA) is 12.9 Å². The number of hydrogen-bond acceptors (Lipinski definition) is 1. The van der Waals surface area contributed by atoms with Crippen LogP contribution in [-0.4, -0.2) is 4.98 Å². The van der Waals surface area contributed by atoms with Crippen molar-refractivity contribution < 1.29 is 0 Å². The molecule has 1 heterocycles. The molecule has 0 spiro atoms. The third-order valence-electron chi connectivity index (χ3n) is 5.90. The van der Waals surface area contributed by atoms with E-state index < -0.39 is 0 Å². The largest absolute Gasteiger partial charge is 0.257 e. The van der Waals surface area contributed by atoms with Crippen molar-refractivity contribution in [2.24, 2.45) is 0 Å². The molecule has 20 heavy (non-hydrogen) atoms. The van der Waals surface area contributed by atoms with Crippen LogP contribution >= 0.6 is 0 Å². The van der Waals surface area contributed by atoms with E-state index in [-0.39, 0.29) is 0 Å². The first kappa shape index (κ1) is 14.1. The third-order valence-corrected chi connectivity index (χ3v) is 5.90. The van der Waals surface area contributed by atoms with Crippen LogP contribution in [0.2, 0.25) is 0 Å². The number of nitrogens with zero attached hydrogens (tertiary/aromatic N) is 1. The van der Waals surface area contributed by atoms with Crippen LogP contribution in [0.15, 0.2) is 18.2 Å². The van der Waals surface area contributed by atoms with Gasteiger partial charge in [-0.15, -0.1) is 0 Å². The van der Waals surface area contributed by atoms with Crippen molar-refractivity contribution in [3.05, 3.63) is 29.6 Å². The molecule has 2 aliphatic rings. The van der Waals surface area contributed by atoms with Crippen molar-refractivity contribution in [3.63, 3.8) is 0 Å². The maximum Gasteiger partial charge on any atom is 0.0466 e. The second kappa shape index (κ2) is 5.50. The Hall–Kier alpha value is -0.850. The summed E-state index contributed by atoms with van der Waals surface area (Å²) in [7, 11) is 0. The Balaban J connectivity index is 1.89. The standard InChI is InChI=1S/C19H29N/c1-18(12-5-3-6-13-18)16-10-9-11-17(20-16)19(2)14-7-4-8-15-19/h9-11H,3-8,12-15H2,1-2H3. The van der Waals surface area contributed by atoms with Gasteiger partial charge in [-0.05, 0) is 37.8 Å². The van der Waals surface area contributed by atoms with Gasteiger partial charge in [-0.3, -0.25) is 4.98 Å². The van der Waals surface area contributed by atoms with E-state index in [9.17, 15) is 0 Å². The molecule has 0 aromatic carbocycles. The molecule has 2 saturated carbocycles. The summed E-state index contributed by atoms with van der Waals surface area (Å²) in [5.41, 5.74) is 3.39. The molecule has 0 N–H and O–H groups in total. The summed E-state index contributed by atoms with van der Waals surface area (Å²) in [6.07, 6.45) is 13.6. The minimum absolute atomic E-state index is 0.333. The summed E-state index contributed by atoms with van der Waals surface area (Å²) in [5.74, 6) is 0. The quantitative estimate of drug-likeness (QED) is 0.689. The summed E-state index contributed by atoms with van der Waals surface area (Å²) in [6, 6.07) is 6.82. The van der Waals surface area contributed by atoms with Crippen molar-refractivity contribution in [1.82, 2.24) is 4.98 Å². The van der Waals surface area contributed by atoms with E-state index in [0.717, 1.165) is 0 Å². The smallest absolute Gasteiger partial charge is 0.0466 e.